The largest absolute Gasteiger partial charge is 0.480 e. The molecule has 98 valence electrons. The van der Waals surface area contributed by atoms with Crippen molar-refractivity contribution in [1.29, 1.82) is 0 Å². The highest BCUT2D eigenvalue weighted by Crippen LogP contribution is 2.15. The third-order valence-corrected chi connectivity index (χ3v) is 2.46. The minimum atomic E-state index is -1.11. The van der Waals surface area contributed by atoms with Gasteiger partial charge in [0.15, 0.2) is 0 Å². The molecular formula is C12H15FN2O3. The first kappa shape index (κ1) is 14.0. The van der Waals surface area contributed by atoms with E-state index in [1.54, 1.807) is 13.8 Å². The Balaban J connectivity index is 2.70. The van der Waals surface area contributed by atoms with Crippen molar-refractivity contribution < 1.29 is 19.1 Å². The second kappa shape index (κ2) is 6.00. The van der Waals surface area contributed by atoms with E-state index in [1.165, 1.54) is 18.2 Å². The van der Waals surface area contributed by atoms with Crippen LogP contribution in [0.1, 0.15) is 18.9 Å². The number of urea groups is 1. The lowest BCUT2D eigenvalue weighted by molar-refractivity contribution is -0.139. The highest BCUT2D eigenvalue weighted by molar-refractivity contribution is 5.92. The summed E-state index contributed by atoms with van der Waals surface area (Å²) in [6, 6.07) is 2.36. The van der Waals surface area contributed by atoms with Crippen LogP contribution in [0, 0.1) is 12.7 Å². The number of hydrogen-bond donors (Lipinski definition) is 3. The molecule has 0 radical (unpaired) electrons. The molecule has 2 amide bonds. The number of aliphatic carboxylic acids is 1. The summed E-state index contributed by atoms with van der Waals surface area (Å²) in [5, 5.41) is 13.5. The van der Waals surface area contributed by atoms with Gasteiger partial charge in [-0.25, -0.2) is 14.0 Å². The van der Waals surface area contributed by atoms with E-state index in [0.717, 1.165) is 0 Å². The van der Waals surface area contributed by atoms with Crippen molar-refractivity contribution in [2.24, 2.45) is 0 Å². The number of nitrogens with one attached hydrogen (secondary N) is 2. The summed E-state index contributed by atoms with van der Waals surface area (Å²) < 4.78 is 13.0. The molecule has 0 aliphatic carbocycles. The maximum Gasteiger partial charge on any atom is 0.326 e. The average molecular weight is 254 g/mol. The van der Waals surface area contributed by atoms with Crippen LogP contribution < -0.4 is 10.6 Å². The topological polar surface area (TPSA) is 78.4 Å². The van der Waals surface area contributed by atoms with Crippen LogP contribution in [-0.2, 0) is 4.79 Å². The lowest BCUT2D eigenvalue weighted by Crippen LogP contribution is -2.42. The Labute approximate surface area is 104 Å². The van der Waals surface area contributed by atoms with Gasteiger partial charge in [-0.3, -0.25) is 0 Å². The van der Waals surface area contributed by atoms with Gasteiger partial charge in [-0.15, -0.1) is 0 Å². The van der Waals surface area contributed by atoms with E-state index >= 15 is 0 Å². The van der Waals surface area contributed by atoms with E-state index in [2.05, 4.69) is 10.6 Å². The zero-order chi connectivity index (χ0) is 13.7. The Bertz CT molecular complexity index is 463. The van der Waals surface area contributed by atoms with Gasteiger partial charge in [-0.2, -0.15) is 0 Å². The molecule has 0 unspecified atom stereocenters. The lowest BCUT2D eigenvalue weighted by atomic mass is 10.2. The number of aryl methyl sites for hydroxylation is 1. The van der Waals surface area contributed by atoms with Crippen molar-refractivity contribution in [3.63, 3.8) is 0 Å². The Morgan fingerprint density at radius 3 is 2.67 bits per heavy atom. The van der Waals surface area contributed by atoms with Gasteiger partial charge in [0.2, 0.25) is 0 Å². The molecule has 0 aromatic heterocycles. The number of benzene rings is 1. The van der Waals surface area contributed by atoms with Gasteiger partial charge in [-0.05, 0) is 31.0 Å². The van der Waals surface area contributed by atoms with E-state index in [0.29, 0.717) is 11.3 Å². The minimum Gasteiger partial charge on any atom is -0.480 e. The van der Waals surface area contributed by atoms with Gasteiger partial charge >= 0.3 is 12.0 Å². The van der Waals surface area contributed by atoms with Crippen LogP contribution in [0.25, 0.3) is 0 Å². The first-order valence-electron chi connectivity index (χ1n) is 5.50. The fourth-order valence-corrected chi connectivity index (χ4v) is 1.38. The normalized spacial score (nSPS) is 11.7. The summed E-state index contributed by atoms with van der Waals surface area (Å²) in [7, 11) is 0. The molecule has 18 heavy (non-hydrogen) atoms. The van der Waals surface area contributed by atoms with Crippen molar-refractivity contribution in [2.75, 3.05) is 5.32 Å². The summed E-state index contributed by atoms with van der Waals surface area (Å²) in [4.78, 5) is 22.3. The van der Waals surface area contributed by atoms with Crippen LogP contribution in [0.15, 0.2) is 18.2 Å². The number of amides is 2. The molecule has 6 heteroatoms. The monoisotopic (exact) mass is 254 g/mol. The van der Waals surface area contributed by atoms with Crippen molar-refractivity contribution in [3.05, 3.63) is 29.6 Å². The van der Waals surface area contributed by atoms with Gasteiger partial charge < -0.3 is 15.7 Å². The second-order valence-electron chi connectivity index (χ2n) is 3.86. The molecule has 0 bridgehead atoms. The van der Waals surface area contributed by atoms with Gasteiger partial charge in [0.05, 0.1) is 0 Å². The Hall–Kier alpha value is -2.11. The van der Waals surface area contributed by atoms with Gasteiger partial charge in [-0.1, -0.05) is 13.0 Å². The number of carboxylic acid groups (broad SMARTS) is 1. The van der Waals surface area contributed by atoms with Crippen molar-refractivity contribution in [1.82, 2.24) is 5.32 Å². The van der Waals surface area contributed by atoms with E-state index in [1.807, 2.05) is 0 Å². The molecule has 0 aliphatic heterocycles. The summed E-state index contributed by atoms with van der Waals surface area (Å²) in [5.74, 6) is -1.58. The molecule has 0 fully saturated rings. The number of carbonyl (C=O) groups is 2. The van der Waals surface area contributed by atoms with Crippen molar-refractivity contribution in [3.8, 4) is 0 Å². The summed E-state index contributed by atoms with van der Waals surface area (Å²) in [6.45, 7) is 3.36. The number of halogens is 1. The van der Waals surface area contributed by atoms with Crippen LogP contribution >= 0.6 is 0 Å². The van der Waals surface area contributed by atoms with Crippen LogP contribution in [-0.4, -0.2) is 23.1 Å². The van der Waals surface area contributed by atoms with Crippen LogP contribution in [0.5, 0.6) is 0 Å². The second-order valence-corrected chi connectivity index (χ2v) is 3.86. The zero-order valence-electron chi connectivity index (χ0n) is 10.2. The van der Waals surface area contributed by atoms with E-state index in [-0.39, 0.29) is 6.42 Å². The molecule has 1 aromatic carbocycles. The molecule has 1 rings (SSSR count). The Kier molecular flexibility index (Phi) is 4.65. The van der Waals surface area contributed by atoms with E-state index in [4.69, 9.17) is 5.11 Å². The Morgan fingerprint density at radius 2 is 2.11 bits per heavy atom. The molecule has 3 N–H and O–H groups in total. The molecule has 0 saturated carbocycles. The van der Waals surface area contributed by atoms with E-state index in [9.17, 15) is 14.0 Å². The standard InChI is InChI=1S/C12H15FN2O3/c1-3-9(11(16)17)14-12(18)15-10-6-8(13)5-4-7(10)2/h4-6,9H,3H2,1-2H3,(H,16,17)(H2,14,15,18)/t9-/m1/s1. The number of hydrogen-bond acceptors (Lipinski definition) is 2. The van der Waals surface area contributed by atoms with Gasteiger partial charge in [0.1, 0.15) is 11.9 Å². The molecular weight excluding hydrogens is 239 g/mol. The number of carbonyl (C=O) groups excluding carboxylic acids is 1. The lowest BCUT2D eigenvalue weighted by Gasteiger charge is -2.14. The molecule has 0 saturated heterocycles. The first-order chi connectivity index (χ1) is 8.43. The zero-order valence-corrected chi connectivity index (χ0v) is 10.2. The predicted octanol–water partition coefficient (Wildman–Crippen LogP) is 2.12. The minimum absolute atomic E-state index is 0.269. The smallest absolute Gasteiger partial charge is 0.326 e. The molecule has 1 atom stereocenters. The van der Waals surface area contributed by atoms with Crippen LogP contribution in [0.3, 0.4) is 0 Å². The summed E-state index contributed by atoms with van der Waals surface area (Å²) >= 11 is 0. The van der Waals surface area contributed by atoms with E-state index < -0.39 is 23.9 Å². The summed E-state index contributed by atoms with van der Waals surface area (Å²) in [5.41, 5.74) is 1.00. The average Bonchev–Trinajstić information content (AvgIpc) is 2.30. The van der Waals surface area contributed by atoms with Crippen molar-refractivity contribution in [2.45, 2.75) is 26.3 Å². The highest BCUT2D eigenvalue weighted by Gasteiger charge is 2.17. The van der Waals surface area contributed by atoms with Crippen LogP contribution in [0.4, 0.5) is 14.9 Å². The molecule has 0 spiro atoms. The number of rotatable bonds is 4. The Morgan fingerprint density at radius 1 is 1.44 bits per heavy atom. The third-order valence-electron chi connectivity index (χ3n) is 2.46. The quantitative estimate of drug-likeness (QED) is 0.770. The molecule has 0 aliphatic rings. The predicted molar refractivity (Wildman–Crippen MR) is 65.0 cm³/mol. The van der Waals surface area contributed by atoms with Crippen LogP contribution in [0.2, 0.25) is 0 Å². The molecule has 5 nitrogen and oxygen atoms in total. The number of carboxylic acids is 1. The first-order valence-corrected chi connectivity index (χ1v) is 5.50. The molecule has 1 aromatic rings. The molecule has 0 heterocycles. The number of anilines is 1. The third kappa shape index (κ3) is 3.73. The SMILES string of the molecule is CC[C@@H](NC(=O)Nc1cc(F)ccc1C)C(=O)O. The van der Waals surface area contributed by atoms with Crippen molar-refractivity contribution >= 4 is 17.7 Å². The maximum absolute atomic E-state index is 13.0. The fraction of sp³-hybridized carbons (Fsp3) is 0.333. The van der Waals surface area contributed by atoms with Gasteiger partial charge in [0, 0.05) is 5.69 Å². The summed E-state index contributed by atoms with van der Waals surface area (Å²) in [6.07, 6.45) is 0.269. The maximum atomic E-state index is 13.0. The fourth-order valence-electron chi connectivity index (χ4n) is 1.38. The van der Waals surface area contributed by atoms with Gasteiger partial charge in [0.25, 0.3) is 0 Å². The highest BCUT2D eigenvalue weighted by atomic mass is 19.1.